The van der Waals surface area contributed by atoms with E-state index >= 15 is 0 Å². The van der Waals surface area contributed by atoms with E-state index in [1.807, 2.05) is 13.1 Å². The Balaban J connectivity index is 1.81. The highest BCUT2D eigenvalue weighted by molar-refractivity contribution is 5.60. The Kier molecular flexibility index (Phi) is 4.44. The van der Waals surface area contributed by atoms with E-state index in [0.29, 0.717) is 12.6 Å². The number of rotatable bonds is 4. The molecule has 3 rings (SSSR count). The van der Waals surface area contributed by atoms with Gasteiger partial charge in [0.15, 0.2) is 0 Å². The fourth-order valence-electron chi connectivity index (χ4n) is 3.22. The summed E-state index contributed by atoms with van der Waals surface area (Å²) in [5.41, 5.74) is 4.23. The lowest BCUT2D eigenvalue weighted by Gasteiger charge is -2.14. The molecule has 1 saturated carbocycles. The third kappa shape index (κ3) is 3.14. The zero-order valence-electron chi connectivity index (χ0n) is 13.4. The Bertz CT molecular complexity index is 694. The van der Waals surface area contributed by atoms with E-state index in [4.69, 9.17) is 0 Å². The highest BCUT2D eigenvalue weighted by atomic mass is 16.1. The number of hydrogen-bond donors (Lipinski definition) is 1. The molecule has 2 aromatic rings. The van der Waals surface area contributed by atoms with Crippen LogP contribution in [0.2, 0.25) is 0 Å². The quantitative estimate of drug-likeness (QED) is 0.938. The van der Waals surface area contributed by atoms with Crippen LogP contribution >= 0.6 is 0 Å². The third-order valence-electron chi connectivity index (χ3n) is 4.67. The van der Waals surface area contributed by atoms with E-state index in [-0.39, 0.29) is 5.56 Å². The van der Waals surface area contributed by atoms with Gasteiger partial charge in [0.25, 0.3) is 5.56 Å². The van der Waals surface area contributed by atoms with Gasteiger partial charge < -0.3 is 9.88 Å². The lowest BCUT2D eigenvalue weighted by molar-refractivity contribution is 0.521. The van der Waals surface area contributed by atoms with Crippen LogP contribution < -0.4 is 10.9 Å². The third-order valence-corrected chi connectivity index (χ3v) is 4.67. The Morgan fingerprint density at radius 3 is 2.45 bits per heavy atom. The van der Waals surface area contributed by atoms with Crippen molar-refractivity contribution in [3.63, 3.8) is 0 Å². The van der Waals surface area contributed by atoms with Crippen molar-refractivity contribution in [1.82, 2.24) is 9.88 Å². The van der Waals surface area contributed by atoms with Crippen molar-refractivity contribution in [1.29, 1.82) is 0 Å². The molecule has 3 heteroatoms. The molecule has 0 saturated heterocycles. The van der Waals surface area contributed by atoms with Crippen molar-refractivity contribution in [2.75, 3.05) is 0 Å². The Labute approximate surface area is 132 Å². The molecule has 116 valence electrons. The first-order valence-corrected chi connectivity index (χ1v) is 8.14. The van der Waals surface area contributed by atoms with Crippen molar-refractivity contribution in [2.24, 2.45) is 7.05 Å². The molecule has 1 fully saturated rings. The summed E-state index contributed by atoms with van der Waals surface area (Å²) in [4.78, 5) is 12.6. The maximum Gasteiger partial charge on any atom is 0.255 e. The normalized spacial score (nSPS) is 15.4. The van der Waals surface area contributed by atoms with Crippen molar-refractivity contribution in [3.05, 3.63) is 57.9 Å². The van der Waals surface area contributed by atoms with Crippen molar-refractivity contribution in [3.8, 4) is 11.3 Å². The first-order valence-electron chi connectivity index (χ1n) is 8.14. The number of hydrogen-bond acceptors (Lipinski definition) is 2. The summed E-state index contributed by atoms with van der Waals surface area (Å²) < 4.78 is 1.76. The molecule has 1 aromatic heterocycles. The maximum absolute atomic E-state index is 12.6. The largest absolute Gasteiger partial charge is 0.311 e. The molecular weight excluding hydrogens is 272 g/mol. The molecule has 1 N–H and O–H groups in total. The fourth-order valence-corrected chi connectivity index (χ4v) is 3.22. The van der Waals surface area contributed by atoms with Crippen LogP contribution in [-0.2, 0) is 13.6 Å². The minimum atomic E-state index is 0.101. The number of nitrogens with one attached hydrogen (secondary N) is 1. The van der Waals surface area contributed by atoms with Crippen LogP contribution in [-0.4, -0.2) is 10.6 Å². The SMILES string of the molecule is Cc1ccc(-c2ccc(CNC3CCCC3)c(=O)n2C)cc1. The molecule has 0 atom stereocenters. The van der Waals surface area contributed by atoms with Crippen molar-refractivity contribution >= 4 is 0 Å². The lowest BCUT2D eigenvalue weighted by atomic mass is 10.1. The predicted molar refractivity (Wildman–Crippen MR) is 91.0 cm³/mol. The molecule has 1 heterocycles. The van der Waals surface area contributed by atoms with Gasteiger partial charge in [0.2, 0.25) is 0 Å². The standard InChI is InChI=1S/C19H24N2O/c1-14-7-9-15(10-8-14)18-12-11-16(19(22)21(18)2)13-20-17-5-3-4-6-17/h7-12,17,20H,3-6,13H2,1-2H3. The van der Waals surface area contributed by atoms with Gasteiger partial charge in [-0.3, -0.25) is 4.79 Å². The van der Waals surface area contributed by atoms with Crippen LogP contribution in [0.4, 0.5) is 0 Å². The van der Waals surface area contributed by atoms with Crippen LogP contribution in [0.3, 0.4) is 0 Å². The molecular formula is C19H24N2O. The average Bonchev–Trinajstić information content (AvgIpc) is 3.03. The molecule has 1 aromatic carbocycles. The number of aryl methyl sites for hydroxylation is 1. The van der Waals surface area contributed by atoms with Crippen LogP contribution in [0.5, 0.6) is 0 Å². The van der Waals surface area contributed by atoms with Crippen molar-refractivity contribution in [2.45, 2.75) is 45.2 Å². The average molecular weight is 296 g/mol. The topological polar surface area (TPSA) is 34.0 Å². The van der Waals surface area contributed by atoms with Gasteiger partial charge in [0, 0.05) is 25.2 Å². The van der Waals surface area contributed by atoms with Crippen LogP contribution in [0.1, 0.15) is 36.8 Å². The summed E-state index contributed by atoms with van der Waals surface area (Å²) in [5, 5.41) is 3.52. The van der Waals surface area contributed by atoms with E-state index in [1.54, 1.807) is 4.57 Å². The van der Waals surface area contributed by atoms with Gasteiger partial charge in [-0.2, -0.15) is 0 Å². The molecule has 1 aliphatic carbocycles. The zero-order valence-corrected chi connectivity index (χ0v) is 13.4. The van der Waals surface area contributed by atoms with E-state index < -0.39 is 0 Å². The second-order valence-corrected chi connectivity index (χ2v) is 6.34. The van der Waals surface area contributed by atoms with Gasteiger partial charge in [-0.25, -0.2) is 0 Å². The summed E-state index contributed by atoms with van der Waals surface area (Å²) >= 11 is 0. The van der Waals surface area contributed by atoms with E-state index in [0.717, 1.165) is 16.8 Å². The molecule has 0 aliphatic heterocycles. The van der Waals surface area contributed by atoms with Gasteiger partial charge in [-0.05, 0) is 31.4 Å². The number of nitrogens with zero attached hydrogens (tertiary/aromatic N) is 1. The monoisotopic (exact) mass is 296 g/mol. The zero-order chi connectivity index (χ0) is 15.5. The Morgan fingerprint density at radius 2 is 1.77 bits per heavy atom. The molecule has 0 radical (unpaired) electrons. The summed E-state index contributed by atoms with van der Waals surface area (Å²) in [6, 6.07) is 12.9. The molecule has 0 bridgehead atoms. The van der Waals surface area contributed by atoms with E-state index in [1.165, 1.54) is 31.2 Å². The van der Waals surface area contributed by atoms with Crippen LogP contribution in [0.25, 0.3) is 11.3 Å². The smallest absolute Gasteiger partial charge is 0.255 e. The summed E-state index contributed by atoms with van der Waals surface area (Å²) in [5.74, 6) is 0. The van der Waals surface area contributed by atoms with E-state index in [2.05, 4.69) is 42.6 Å². The van der Waals surface area contributed by atoms with Gasteiger partial charge >= 0.3 is 0 Å². The molecule has 1 aliphatic rings. The maximum atomic E-state index is 12.6. The number of aromatic nitrogens is 1. The fraction of sp³-hybridized carbons (Fsp3) is 0.421. The summed E-state index contributed by atoms with van der Waals surface area (Å²) in [6.07, 6.45) is 5.09. The summed E-state index contributed by atoms with van der Waals surface area (Å²) in [7, 11) is 1.86. The lowest BCUT2D eigenvalue weighted by Crippen LogP contribution is -2.30. The molecule has 0 unspecified atom stereocenters. The Hall–Kier alpha value is -1.87. The van der Waals surface area contributed by atoms with E-state index in [9.17, 15) is 4.79 Å². The first kappa shape index (κ1) is 15.0. The number of benzene rings is 1. The predicted octanol–water partition coefficient (Wildman–Crippen LogP) is 3.39. The second-order valence-electron chi connectivity index (χ2n) is 6.34. The van der Waals surface area contributed by atoms with Gasteiger partial charge in [0.1, 0.15) is 0 Å². The van der Waals surface area contributed by atoms with Gasteiger partial charge in [0.05, 0.1) is 5.69 Å². The summed E-state index contributed by atoms with van der Waals surface area (Å²) in [6.45, 7) is 2.74. The number of pyridine rings is 1. The van der Waals surface area contributed by atoms with Gasteiger partial charge in [-0.1, -0.05) is 48.7 Å². The highest BCUT2D eigenvalue weighted by Crippen LogP contribution is 2.19. The van der Waals surface area contributed by atoms with Crippen molar-refractivity contribution < 1.29 is 0 Å². The molecule has 0 spiro atoms. The second kappa shape index (κ2) is 6.49. The minimum absolute atomic E-state index is 0.101. The van der Waals surface area contributed by atoms with Crippen LogP contribution in [0, 0.1) is 6.92 Å². The minimum Gasteiger partial charge on any atom is -0.311 e. The van der Waals surface area contributed by atoms with Gasteiger partial charge in [-0.15, -0.1) is 0 Å². The molecule has 0 amide bonds. The first-order chi connectivity index (χ1) is 10.6. The molecule has 3 nitrogen and oxygen atoms in total. The molecule has 22 heavy (non-hydrogen) atoms. The Morgan fingerprint density at radius 1 is 1.09 bits per heavy atom. The van der Waals surface area contributed by atoms with Crippen LogP contribution in [0.15, 0.2) is 41.2 Å². The highest BCUT2D eigenvalue weighted by Gasteiger charge is 2.15.